The summed E-state index contributed by atoms with van der Waals surface area (Å²) in [6, 6.07) is 10.6. The lowest BCUT2D eigenvalue weighted by Crippen LogP contribution is -2.58. The Kier molecular flexibility index (Phi) is 11.2. The van der Waals surface area contributed by atoms with Crippen LogP contribution in [0.5, 0.6) is 5.75 Å². The minimum atomic E-state index is -0.976. The molecule has 3 N–H and O–H groups in total. The highest BCUT2D eigenvalue weighted by Crippen LogP contribution is 2.35. The number of hydrogen-bond acceptors (Lipinski definition) is 5. The zero-order valence-corrected chi connectivity index (χ0v) is 25.5. The fourth-order valence-corrected chi connectivity index (χ4v) is 5.11. The number of carbonyl (C=O) groups excluding carboxylic acids is 3. The fourth-order valence-electron chi connectivity index (χ4n) is 5.11. The third-order valence-corrected chi connectivity index (χ3v) is 7.41. The Labute approximate surface area is 244 Å². The molecule has 1 fully saturated rings. The number of aryl methyl sites for hydroxylation is 2. The molecule has 0 saturated heterocycles. The van der Waals surface area contributed by atoms with Crippen LogP contribution in [0.1, 0.15) is 94.5 Å². The highest BCUT2D eigenvalue weighted by molar-refractivity contribution is 5.93. The quantitative estimate of drug-likeness (QED) is 0.279. The number of phenols is 1. The first kappa shape index (κ1) is 32.0. The van der Waals surface area contributed by atoms with Gasteiger partial charge in [0.05, 0.1) is 0 Å². The average Bonchev–Trinajstić information content (AvgIpc) is 2.85. The molecule has 0 spiro atoms. The second kappa shape index (κ2) is 14.4. The first-order valence-electron chi connectivity index (χ1n) is 14.8. The molecule has 1 aliphatic rings. The van der Waals surface area contributed by atoms with Crippen molar-refractivity contribution in [1.29, 1.82) is 0 Å². The van der Waals surface area contributed by atoms with Crippen LogP contribution >= 0.6 is 0 Å². The standard InChI is InChI=1S/C33H47N3O5/c1-7-8-9-19-34-30(38)29(27-18-13-22(2)20-23(27)3)36(25-11-10-12-25)31(39)28(35-32(40)41-33(4,5)6)21-24-14-16-26(37)17-15-24/h13-18,20,25,28-29,37H,7-12,19,21H2,1-6H3,(H,34,38)(H,35,40). The van der Waals surface area contributed by atoms with Gasteiger partial charge in [-0.2, -0.15) is 0 Å². The summed E-state index contributed by atoms with van der Waals surface area (Å²) in [5.74, 6) is -0.432. The van der Waals surface area contributed by atoms with Crippen LogP contribution in [0.2, 0.25) is 0 Å². The summed E-state index contributed by atoms with van der Waals surface area (Å²) in [5, 5.41) is 15.7. The molecule has 2 atom stereocenters. The minimum absolute atomic E-state index is 0.113. The van der Waals surface area contributed by atoms with Gasteiger partial charge in [0.2, 0.25) is 11.8 Å². The van der Waals surface area contributed by atoms with Crippen LogP contribution in [-0.4, -0.2) is 52.1 Å². The van der Waals surface area contributed by atoms with E-state index in [-0.39, 0.29) is 30.0 Å². The predicted octanol–water partition coefficient (Wildman–Crippen LogP) is 5.87. The molecule has 8 nitrogen and oxygen atoms in total. The summed E-state index contributed by atoms with van der Waals surface area (Å²) in [7, 11) is 0. The van der Waals surface area contributed by atoms with Crippen molar-refractivity contribution in [1.82, 2.24) is 15.5 Å². The van der Waals surface area contributed by atoms with Gasteiger partial charge < -0.3 is 25.4 Å². The van der Waals surface area contributed by atoms with Crippen LogP contribution < -0.4 is 10.6 Å². The van der Waals surface area contributed by atoms with E-state index in [2.05, 4.69) is 17.6 Å². The van der Waals surface area contributed by atoms with Gasteiger partial charge in [0.1, 0.15) is 23.4 Å². The van der Waals surface area contributed by atoms with E-state index in [0.29, 0.717) is 6.54 Å². The monoisotopic (exact) mass is 565 g/mol. The molecule has 41 heavy (non-hydrogen) atoms. The van der Waals surface area contributed by atoms with E-state index in [1.165, 1.54) is 0 Å². The van der Waals surface area contributed by atoms with Crippen molar-refractivity contribution in [2.75, 3.05) is 6.54 Å². The maximum absolute atomic E-state index is 14.6. The predicted molar refractivity (Wildman–Crippen MR) is 161 cm³/mol. The largest absolute Gasteiger partial charge is 0.508 e. The third-order valence-electron chi connectivity index (χ3n) is 7.41. The van der Waals surface area contributed by atoms with Crippen LogP contribution in [0, 0.1) is 13.8 Å². The first-order chi connectivity index (χ1) is 19.4. The minimum Gasteiger partial charge on any atom is -0.508 e. The molecule has 1 saturated carbocycles. The Bertz CT molecular complexity index is 1180. The number of unbranched alkanes of at least 4 members (excludes halogenated alkanes) is 2. The highest BCUT2D eigenvalue weighted by atomic mass is 16.6. The highest BCUT2D eigenvalue weighted by Gasteiger charge is 2.42. The Morgan fingerprint density at radius 2 is 1.73 bits per heavy atom. The SMILES string of the molecule is CCCCCNC(=O)C(c1ccc(C)cc1C)N(C(=O)C(Cc1ccc(O)cc1)NC(=O)OC(C)(C)C)C1CCC1. The van der Waals surface area contributed by atoms with Gasteiger partial charge in [0.25, 0.3) is 0 Å². The number of carbonyl (C=O) groups is 3. The number of rotatable bonds is 12. The molecular weight excluding hydrogens is 518 g/mol. The summed E-state index contributed by atoms with van der Waals surface area (Å²) >= 11 is 0. The van der Waals surface area contributed by atoms with Crippen LogP contribution in [-0.2, 0) is 20.7 Å². The van der Waals surface area contributed by atoms with E-state index in [1.807, 2.05) is 32.0 Å². The Morgan fingerprint density at radius 1 is 1.05 bits per heavy atom. The van der Waals surface area contributed by atoms with Crippen LogP contribution in [0.15, 0.2) is 42.5 Å². The third kappa shape index (κ3) is 9.23. The van der Waals surface area contributed by atoms with E-state index in [9.17, 15) is 19.5 Å². The molecule has 0 aliphatic heterocycles. The second-order valence-corrected chi connectivity index (χ2v) is 12.2. The van der Waals surface area contributed by atoms with Gasteiger partial charge in [-0.3, -0.25) is 9.59 Å². The maximum Gasteiger partial charge on any atom is 0.408 e. The van der Waals surface area contributed by atoms with Crippen molar-refractivity contribution >= 4 is 17.9 Å². The van der Waals surface area contributed by atoms with Gasteiger partial charge in [0, 0.05) is 19.0 Å². The van der Waals surface area contributed by atoms with Gasteiger partial charge in [-0.05, 0) is 89.1 Å². The molecule has 2 unspecified atom stereocenters. The fraction of sp³-hybridized carbons (Fsp3) is 0.545. The van der Waals surface area contributed by atoms with E-state index >= 15 is 0 Å². The number of ether oxygens (including phenoxy) is 1. The van der Waals surface area contributed by atoms with Crippen LogP contribution in [0.4, 0.5) is 4.79 Å². The van der Waals surface area contributed by atoms with Crippen LogP contribution in [0.3, 0.4) is 0 Å². The van der Waals surface area contributed by atoms with Crippen molar-refractivity contribution in [2.45, 2.75) is 110 Å². The van der Waals surface area contributed by atoms with Crippen molar-refractivity contribution in [3.63, 3.8) is 0 Å². The van der Waals surface area contributed by atoms with Crippen molar-refractivity contribution in [2.24, 2.45) is 0 Å². The number of hydrogen-bond donors (Lipinski definition) is 3. The Balaban J connectivity index is 2.03. The van der Waals surface area contributed by atoms with Crippen molar-refractivity contribution in [3.05, 3.63) is 64.7 Å². The Hall–Kier alpha value is -3.55. The lowest BCUT2D eigenvalue weighted by Gasteiger charge is -2.44. The first-order valence-corrected chi connectivity index (χ1v) is 14.8. The molecule has 0 heterocycles. The number of aromatic hydroxyl groups is 1. The van der Waals surface area contributed by atoms with Gasteiger partial charge in [-0.25, -0.2) is 4.79 Å². The average molecular weight is 566 g/mol. The zero-order valence-electron chi connectivity index (χ0n) is 25.5. The molecule has 8 heteroatoms. The van der Waals surface area contributed by atoms with Gasteiger partial charge in [-0.1, -0.05) is 55.7 Å². The second-order valence-electron chi connectivity index (χ2n) is 12.2. The lowest BCUT2D eigenvalue weighted by atomic mass is 9.86. The van der Waals surface area contributed by atoms with E-state index < -0.39 is 23.8 Å². The van der Waals surface area contributed by atoms with Crippen LogP contribution in [0.25, 0.3) is 0 Å². The van der Waals surface area contributed by atoms with E-state index in [1.54, 1.807) is 49.9 Å². The molecule has 224 valence electrons. The van der Waals surface area contributed by atoms with Gasteiger partial charge in [0.15, 0.2) is 0 Å². The van der Waals surface area contributed by atoms with Crippen molar-refractivity contribution < 1.29 is 24.2 Å². The molecule has 2 aromatic rings. The topological polar surface area (TPSA) is 108 Å². The summed E-state index contributed by atoms with van der Waals surface area (Å²) in [6.45, 7) is 11.9. The number of alkyl carbamates (subject to hydrolysis) is 1. The Morgan fingerprint density at radius 3 is 2.29 bits per heavy atom. The summed E-state index contributed by atoms with van der Waals surface area (Å²) < 4.78 is 5.52. The molecule has 3 amide bonds. The van der Waals surface area contributed by atoms with Gasteiger partial charge in [-0.15, -0.1) is 0 Å². The number of phenolic OH excluding ortho intramolecular Hbond substituents is 1. The summed E-state index contributed by atoms with van der Waals surface area (Å²) in [4.78, 5) is 43.1. The molecule has 0 aromatic heterocycles. The zero-order chi connectivity index (χ0) is 30.2. The molecule has 2 aromatic carbocycles. The number of nitrogens with zero attached hydrogens (tertiary/aromatic N) is 1. The number of amides is 3. The maximum atomic E-state index is 14.6. The molecular formula is C33H47N3O5. The van der Waals surface area contributed by atoms with E-state index in [0.717, 1.165) is 60.8 Å². The normalized spacial score (nSPS) is 14.9. The van der Waals surface area contributed by atoms with Crippen molar-refractivity contribution in [3.8, 4) is 5.75 Å². The number of benzene rings is 2. The molecule has 0 radical (unpaired) electrons. The number of nitrogens with one attached hydrogen (secondary N) is 2. The smallest absolute Gasteiger partial charge is 0.408 e. The molecule has 1 aliphatic carbocycles. The molecule has 3 rings (SSSR count). The van der Waals surface area contributed by atoms with E-state index in [4.69, 9.17) is 4.74 Å². The molecule has 0 bridgehead atoms. The van der Waals surface area contributed by atoms with Gasteiger partial charge >= 0.3 is 6.09 Å². The summed E-state index contributed by atoms with van der Waals surface area (Å²) in [6.07, 6.45) is 4.93. The lowest BCUT2D eigenvalue weighted by molar-refractivity contribution is -0.147. The summed E-state index contributed by atoms with van der Waals surface area (Å²) in [5.41, 5.74) is 2.81.